The lowest BCUT2D eigenvalue weighted by atomic mass is 9.79. The second-order valence-corrected chi connectivity index (χ2v) is 6.33. The van der Waals surface area contributed by atoms with Crippen LogP contribution in [0.15, 0.2) is 54.9 Å². The molecule has 5 rings (SSSR count). The summed E-state index contributed by atoms with van der Waals surface area (Å²) in [5.74, 6) is 1.34. The van der Waals surface area contributed by atoms with Crippen molar-refractivity contribution in [2.45, 2.75) is 25.2 Å². The van der Waals surface area contributed by atoms with Gasteiger partial charge in [-0.25, -0.2) is 4.98 Å². The Hall–Kier alpha value is -2.68. The van der Waals surface area contributed by atoms with Crippen molar-refractivity contribution in [3.63, 3.8) is 0 Å². The molecule has 0 radical (unpaired) electrons. The van der Waals surface area contributed by atoms with Crippen LogP contribution in [-0.2, 0) is 6.42 Å². The topological polar surface area (TPSA) is 41.6 Å². The van der Waals surface area contributed by atoms with Gasteiger partial charge in [0.1, 0.15) is 12.2 Å². The molecule has 1 aliphatic rings. The Balaban J connectivity index is 1.79. The molecule has 1 aliphatic carbocycles. The van der Waals surface area contributed by atoms with E-state index in [-0.39, 0.29) is 0 Å². The lowest BCUT2D eigenvalue weighted by molar-refractivity contribution is 0.595. The van der Waals surface area contributed by atoms with Crippen molar-refractivity contribution >= 4 is 21.5 Å². The second kappa shape index (κ2) is 4.92. The molecule has 4 aromatic rings. The van der Waals surface area contributed by atoms with E-state index in [0.717, 1.165) is 18.7 Å². The number of benzene rings is 3. The Morgan fingerprint density at radius 2 is 1.83 bits per heavy atom. The number of aromatic nitrogens is 3. The molecule has 0 saturated heterocycles. The van der Waals surface area contributed by atoms with E-state index in [0.29, 0.717) is 5.92 Å². The summed E-state index contributed by atoms with van der Waals surface area (Å²) < 4.78 is 0. The average molecular weight is 299 g/mol. The van der Waals surface area contributed by atoms with Crippen LogP contribution >= 0.6 is 0 Å². The van der Waals surface area contributed by atoms with Gasteiger partial charge in [0.2, 0.25) is 0 Å². The summed E-state index contributed by atoms with van der Waals surface area (Å²) in [6.45, 7) is 0. The predicted octanol–water partition coefficient (Wildman–Crippen LogP) is 4.58. The van der Waals surface area contributed by atoms with Crippen molar-refractivity contribution in [2.75, 3.05) is 0 Å². The van der Waals surface area contributed by atoms with Gasteiger partial charge in [-0.05, 0) is 51.9 Å². The first-order valence-electron chi connectivity index (χ1n) is 8.20. The van der Waals surface area contributed by atoms with Crippen LogP contribution in [0, 0.1) is 0 Å². The highest BCUT2D eigenvalue weighted by atomic mass is 15.2. The maximum Gasteiger partial charge on any atom is 0.137 e. The molecule has 1 unspecified atom stereocenters. The largest absolute Gasteiger partial charge is 0.263 e. The van der Waals surface area contributed by atoms with Gasteiger partial charge in [-0.15, -0.1) is 0 Å². The number of aromatic amines is 1. The molecule has 0 fully saturated rings. The fourth-order valence-corrected chi connectivity index (χ4v) is 4.08. The van der Waals surface area contributed by atoms with Gasteiger partial charge >= 0.3 is 0 Å². The zero-order valence-electron chi connectivity index (χ0n) is 12.8. The van der Waals surface area contributed by atoms with Crippen LogP contribution in [0.5, 0.6) is 0 Å². The number of nitrogens with one attached hydrogen (secondary N) is 1. The molecule has 1 N–H and O–H groups in total. The molecule has 0 saturated carbocycles. The number of aryl methyl sites for hydroxylation is 1. The SMILES string of the molecule is c1ccc2c(c1)ccc1c3c(ccc12)C(c1ncn[nH]1)CCC3. The minimum atomic E-state index is 0.345. The lowest BCUT2D eigenvalue weighted by Gasteiger charge is -2.25. The minimum absolute atomic E-state index is 0.345. The molecule has 0 bridgehead atoms. The molecule has 3 nitrogen and oxygen atoms in total. The number of H-pyrrole nitrogens is 1. The Bertz CT molecular complexity index is 1000. The van der Waals surface area contributed by atoms with E-state index in [1.54, 1.807) is 6.33 Å². The van der Waals surface area contributed by atoms with E-state index in [4.69, 9.17) is 0 Å². The van der Waals surface area contributed by atoms with E-state index in [1.165, 1.54) is 39.1 Å². The van der Waals surface area contributed by atoms with Crippen LogP contribution in [0.2, 0.25) is 0 Å². The Kier molecular flexibility index (Phi) is 2.74. The molecule has 23 heavy (non-hydrogen) atoms. The van der Waals surface area contributed by atoms with Crippen molar-refractivity contribution in [2.24, 2.45) is 0 Å². The van der Waals surface area contributed by atoms with Gasteiger partial charge in [0.15, 0.2) is 0 Å². The molecule has 3 heteroatoms. The Morgan fingerprint density at radius 3 is 2.74 bits per heavy atom. The molecule has 1 aromatic heterocycles. The third-order valence-electron chi connectivity index (χ3n) is 5.13. The standard InChI is InChI=1S/C20H17N3/c1-2-5-14-13(4-1)8-9-17-15-6-3-7-19(20-21-12-22-23-20)18(15)11-10-16(14)17/h1-2,4-5,8-12,19H,3,6-7H2,(H,21,22,23). The van der Waals surface area contributed by atoms with Crippen LogP contribution < -0.4 is 0 Å². The van der Waals surface area contributed by atoms with Gasteiger partial charge in [-0.2, -0.15) is 5.10 Å². The fourth-order valence-electron chi connectivity index (χ4n) is 4.08. The Morgan fingerprint density at radius 1 is 0.913 bits per heavy atom. The third kappa shape index (κ3) is 1.89. The highest BCUT2D eigenvalue weighted by Gasteiger charge is 2.25. The molecular weight excluding hydrogens is 282 g/mol. The van der Waals surface area contributed by atoms with Gasteiger partial charge in [0, 0.05) is 5.92 Å². The number of nitrogens with zero attached hydrogens (tertiary/aromatic N) is 2. The van der Waals surface area contributed by atoms with Crippen molar-refractivity contribution < 1.29 is 0 Å². The van der Waals surface area contributed by atoms with Gasteiger partial charge in [-0.1, -0.05) is 48.5 Å². The second-order valence-electron chi connectivity index (χ2n) is 6.33. The zero-order valence-corrected chi connectivity index (χ0v) is 12.8. The van der Waals surface area contributed by atoms with Gasteiger partial charge in [-0.3, -0.25) is 5.10 Å². The van der Waals surface area contributed by atoms with E-state index < -0.39 is 0 Å². The van der Waals surface area contributed by atoms with Crippen molar-refractivity contribution in [1.29, 1.82) is 0 Å². The van der Waals surface area contributed by atoms with Gasteiger partial charge in [0.05, 0.1) is 0 Å². The van der Waals surface area contributed by atoms with E-state index in [9.17, 15) is 0 Å². The molecule has 112 valence electrons. The summed E-state index contributed by atoms with van der Waals surface area (Å²) in [6, 6.07) is 17.8. The van der Waals surface area contributed by atoms with E-state index in [1.807, 2.05) is 0 Å². The zero-order chi connectivity index (χ0) is 15.2. The van der Waals surface area contributed by atoms with Gasteiger partial charge < -0.3 is 0 Å². The maximum atomic E-state index is 4.40. The summed E-state index contributed by atoms with van der Waals surface area (Å²) >= 11 is 0. The van der Waals surface area contributed by atoms with Crippen LogP contribution in [0.1, 0.15) is 35.7 Å². The summed E-state index contributed by atoms with van der Waals surface area (Å²) in [6.07, 6.45) is 5.10. The Labute approximate surface area is 134 Å². The normalized spacial score (nSPS) is 17.5. The predicted molar refractivity (Wildman–Crippen MR) is 92.6 cm³/mol. The first-order valence-corrected chi connectivity index (χ1v) is 8.20. The van der Waals surface area contributed by atoms with Crippen molar-refractivity contribution in [3.05, 3.63) is 71.8 Å². The molecular formula is C20H17N3. The summed E-state index contributed by atoms with van der Waals surface area (Å²) in [5, 5.41) is 12.5. The fraction of sp³-hybridized carbons (Fsp3) is 0.200. The van der Waals surface area contributed by atoms with E-state index in [2.05, 4.69) is 63.7 Å². The summed E-state index contributed by atoms with van der Waals surface area (Å²) in [7, 11) is 0. The summed E-state index contributed by atoms with van der Waals surface area (Å²) in [5.41, 5.74) is 2.90. The van der Waals surface area contributed by atoms with E-state index >= 15 is 0 Å². The van der Waals surface area contributed by atoms with Gasteiger partial charge in [0.25, 0.3) is 0 Å². The molecule has 1 heterocycles. The number of rotatable bonds is 1. The number of fused-ring (bicyclic) bond motifs is 5. The molecule has 0 amide bonds. The maximum absolute atomic E-state index is 4.40. The molecule has 0 aliphatic heterocycles. The summed E-state index contributed by atoms with van der Waals surface area (Å²) in [4.78, 5) is 4.40. The smallest absolute Gasteiger partial charge is 0.137 e. The lowest BCUT2D eigenvalue weighted by Crippen LogP contribution is -2.13. The highest BCUT2D eigenvalue weighted by molar-refractivity contribution is 6.08. The van der Waals surface area contributed by atoms with Crippen molar-refractivity contribution in [1.82, 2.24) is 15.2 Å². The molecule has 1 atom stereocenters. The van der Waals surface area contributed by atoms with Crippen molar-refractivity contribution in [3.8, 4) is 0 Å². The van der Waals surface area contributed by atoms with Crippen LogP contribution in [0.25, 0.3) is 21.5 Å². The quantitative estimate of drug-likeness (QED) is 0.523. The molecule has 3 aromatic carbocycles. The molecule has 0 spiro atoms. The average Bonchev–Trinajstić information content (AvgIpc) is 3.15. The van der Waals surface area contributed by atoms with Crippen LogP contribution in [-0.4, -0.2) is 15.2 Å². The highest BCUT2D eigenvalue weighted by Crippen LogP contribution is 2.39. The third-order valence-corrected chi connectivity index (χ3v) is 5.13. The number of hydrogen-bond donors (Lipinski definition) is 1. The van der Waals surface area contributed by atoms with Crippen LogP contribution in [0.3, 0.4) is 0 Å². The first-order chi connectivity index (χ1) is 11.4. The van der Waals surface area contributed by atoms with Crippen LogP contribution in [0.4, 0.5) is 0 Å². The monoisotopic (exact) mass is 299 g/mol. The number of hydrogen-bond acceptors (Lipinski definition) is 2. The first kappa shape index (κ1) is 12.8. The minimum Gasteiger partial charge on any atom is -0.263 e.